The van der Waals surface area contributed by atoms with Crippen molar-refractivity contribution in [1.29, 1.82) is 0 Å². The van der Waals surface area contributed by atoms with Crippen LogP contribution in [0.5, 0.6) is 0 Å². The predicted molar refractivity (Wildman–Crippen MR) is 114 cm³/mol. The van der Waals surface area contributed by atoms with E-state index < -0.39 is 0 Å². The van der Waals surface area contributed by atoms with Crippen molar-refractivity contribution in [2.45, 2.75) is 46.2 Å². The van der Waals surface area contributed by atoms with Gasteiger partial charge in [-0.25, -0.2) is 4.68 Å². The number of hydrogen-bond donors (Lipinski definition) is 0. The molecule has 2 amide bonds. The Labute approximate surface area is 181 Å². The van der Waals surface area contributed by atoms with Crippen molar-refractivity contribution in [3.05, 3.63) is 47.2 Å². The second-order valence-corrected chi connectivity index (χ2v) is 8.11. The summed E-state index contributed by atoms with van der Waals surface area (Å²) in [5.74, 6) is 0.584. The number of hydrogen-bond acceptors (Lipinski definition) is 5. The van der Waals surface area contributed by atoms with Crippen LogP contribution in [-0.4, -0.2) is 52.2 Å². The summed E-state index contributed by atoms with van der Waals surface area (Å²) in [7, 11) is 0. The Hall–Kier alpha value is -3.16. The molecule has 0 unspecified atom stereocenters. The van der Waals surface area contributed by atoms with E-state index in [0.717, 1.165) is 17.1 Å². The second kappa shape index (κ2) is 8.91. The number of piperidine rings is 1. The first kappa shape index (κ1) is 21.1. The maximum atomic E-state index is 12.9. The second-order valence-electron chi connectivity index (χ2n) is 8.11. The number of rotatable bonds is 5. The van der Waals surface area contributed by atoms with Gasteiger partial charge in [-0.1, -0.05) is 12.1 Å². The molecule has 31 heavy (non-hydrogen) atoms. The number of esters is 1. The maximum absolute atomic E-state index is 12.9. The van der Waals surface area contributed by atoms with Crippen molar-refractivity contribution in [3.63, 3.8) is 0 Å². The van der Waals surface area contributed by atoms with Gasteiger partial charge in [0.15, 0.2) is 0 Å². The molecule has 1 aromatic heterocycles. The fourth-order valence-electron chi connectivity index (χ4n) is 4.24. The van der Waals surface area contributed by atoms with Gasteiger partial charge in [-0.2, -0.15) is 5.10 Å². The first-order chi connectivity index (χ1) is 15.0. The lowest BCUT2D eigenvalue weighted by molar-refractivity contribution is -0.149. The van der Waals surface area contributed by atoms with E-state index in [1.807, 2.05) is 41.9 Å². The van der Waals surface area contributed by atoms with E-state index in [-0.39, 0.29) is 23.7 Å². The number of amides is 2. The van der Waals surface area contributed by atoms with Crippen LogP contribution in [0.1, 0.15) is 47.8 Å². The zero-order chi connectivity index (χ0) is 22.0. The van der Waals surface area contributed by atoms with Crippen LogP contribution in [0.2, 0.25) is 0 Å². The molecule has 0 radical (unpaired) electrons. The van der Waals surface area contributed by atoms with Crippen LogP contribution in [0.3, 0.4) is 0 Å². The van der Waals surface area contributed by atoms with Crippen LogP contribution in [0.15, 0.2) is 30.3 Å². The van der Waals surface area contributed by atoms with Gasteiger partial charge in [0.05, 0.1) is 31.3 Å². The molecule has 1 saturated heterocycles. The lowest BCUT2D eigenvalue weighted by atomic mass is 9.96. The van der Waals surface area contributed by atoms with Crippen LogP contribution in [-0.2, 0) is 27.4 Å². The Balaban J connectivity index is 1.38. The third kappa shape index (κ3) is 4.47. The van der Waals surface area contributed by atoms with Crippen molar-refractivity contribution in [2.24, 2.45) is 5.92 Å². The maximum Gasteiger partial charge on any atom is 0.309 e. The van der Waals surface area contributed by atoms with Crippen molar-refractivity contribution in [3.8, 4) is 0 Å². The molecular formula is C23H28N4O4. The highest BCUT2D eigenvalue weighted by atomic mass is 16.5. The molecule has 8 nitrogen and oxygen atoms in total. The Bertz CT molecular complexity index is 974. The molecule has 3 heterocycles. The summed E-state index contributed by atoms with van der Waals surface area (Å²) in [6.45, 7) is 6.27. The molecule has 8 heteroatoms. The summed E-state index contributed by atoms with van der Waals surface area (Å²) in [6, 6.07) is 9.34. The number of ether oxygens (including phenoxy) is 1. The molecule has 164 valence electrons. The van der Waals surface area contributed by atoms with Gasteiger partial charge in [0.25, 0.3) is 5.91 Å². The van der Waals surface area contributed by atoms with Crippen molar-refractivity contribution >= 4 is 23.6 Å². The van der Waals surface area contributed by atoms with Crippen molar-refractivity contribution in [2.75, 3.05) is 24.6 Å². The molecule has 0 aliphatic carbocycles. The molecule has 0 N–H and O–H groups in total. The van der Waals surface area contributed by atoms with Gasteiger partial charge < -0.3 is 9.64 Å². The average molecular weight is 425 g/mol. The number of carbonyl (C=O) groups excluding carboxylic acids is 3. The molecule has 0 saturated carbocycles. The molecule has 2 aliphatic heterocycles. The number of carbonyl (C=O) groups is 3. The number of likely N-dealkylation sites (tertiary alicyclic amines) is 1. The zero-order valence-corrected chi connectivity index (χ0v) is 18.0. The van der Waals surface area contributed by atoms with Crippen LogP contribution in [0, 0.1) is 12.8 Å². The largest absolute Gasteiger partial charge is 0.466 e. The molecular weight excluding hydrogens is 396 g/mol. The normalized spacial score (nSPS) is 16.9. The number of benzene rings is 1. The van der Waals surface area contributed by atoms with E-state index in [2.05, 4.69) is 5.10 Å². The summed E-state index contributed by atoms with van der Waals surface area (Å²) in [5.41, 5.74) is 2.46. The minimum absolute atomic E-state index is 0.0309. The summed E-state index contributed by atoms with van der Waals surface area (Å²) in [5, 5.41) is 4.44. The number of aryl methyl sites for hydroxylation is 2. The predicted octanol–water partition coefficient (Wildman–Crippen LogP) is 2.54. The summed E-state index contributed by atoms with van der Waals surface area (Å²) < 4.78 is 6.96. The molecule has 4 rings (SSSR count). The van der Waals surface area contributed by atoms with E-state index >= 15 is 0 Å². The monoisotopic (exact) mass is 424 g/mol. The summed E-state index contributed by atoms with van der Waals surface area (Å²) in [4.78, 5) is 40.7. The molecule has 0 bridgehead atoms. The minimum Gasteiger partial charge on any atom is -0.466 e. The summed E-state index contributed by atoms with van der Waals surface area (Å²) >= 11 is 0. The quantitative estimate of drug-likeness (QED) is 0.689. The third-order valence-electron chi connectivity index (χ3n) is 5.94. The van der Waals surface area contributed by atoms with Crippen LogP contribution < -0.4 is 4.90 Å². The van der Waals surface area contributed by atoms with Gasteiger partial charge >= 0.3 is 5.97 Å². The molecule has 0 atom stereocenters. The Morgan fingerprint density at radius 2 is 1.84 bits per heavy atom. The fraction of sp³-hybridized carbons (Fsp3) is 0.478. The van der Waals surface area contributed by atoms with E-state index in [9.17, 15) is 14.4 Å². The first-order valence-corrected chi connectivity index (χ1v) is 10.9. The summed E-state index contributed by atoms with van der Waals surface area (Å²) in [6.07, 6.45) is 1.70. The van der Waals surface area contributed by atoms with Gasteiger partial charge in [0, 0.05) is 31.1 Å². The number of fused-ring (bicyclic) bond motifs is 1. The van der Waals surface area contributed by atoms with Gasteiger partial charge in [-0.3, -0.25) is 19.3 Å². The smallest absolute Gasteiger partial charge is 0.309 e. The number of anilines is 1. The molecule has 2 aromatic rings. The molecule has 0 spiro atoms. The average Bonchev–Trinajstić information content (AvgIpc) is 3.17. The van der Waals surface area contributed by atoms with Crippen LogP contribution in [0.4, 0.5) is 5.82 Å². The minimum atomic E-state index is -0.164. The molecule has 1 aromatic carbocycles. The Kier molecular flexibility index (Phi) is 6.06. The van der Waals surface area contributed by atoms with Gasteiger partial charge in [0.2, 0.25) is 5.91 Å². The third-order valence-corrected chi connectivity index (χ3v) is 5.94. The SMILES string of the molecule is CCOC(=O)C1CCN(C(=O)c2ccc(CN3C(=O)CCn4nc(C)cc43)cc2)CC1. The van der Waals surface area contributed by atoms with Gasteiger partial charge in [-0.15, -0.1) is 0 Å². The Morgan fingerprint density at radius 3 is 2.52 bits per heavy atom. The van der Waals surface area contributed by atoms with Crippen LogP contribution in [0.25, 0.3) is 0 Å². The van der Waals surface area contributed by atoms with Crippen LogP contribution >= 0.6 is 0 Å². The number of nitrogens with zero attached hydrogens (tertiary/aromatic N) is 4. The van der Waals surface area contributed by atoms with Crippen molar-refractivity contribution in [1.82, 2.24) is 14.7 Å². The number of aromatic nitrogens is 2. The first-order valence-electron chi connectivity index (χ1n) is 10.9. The standard InChI is InChI=1S/C23H28N4O4/c1-3-31-23(30)19-8-11-25(12-9-19)22(29)18-6-4-17(5-7-18)15-26-20-14-16(2)24-27(20)13-10-21(26)28/h4-7,14,19H,3,8-13,15H2,1-2H3. The highest BCUT2D eigenvalue weighted by Crippen LogP contribution is 2.25. The van der Waals surface area contributed by atoms with Crippen molar-refractivity contribution < 1.29 is 19.1 Å². The highest BCUT2D eigenvalue weighted by Gasteiger charge is 2.29. The Morgan fingerprint density at radius 1 is 1.13 bits per heavy atom. The lowest BCUT2D eigenvalue weighted by Crippen LogP contribution is -2.40. The lowest BCUT2D eigenvalue weighted by Gasteiger charge is -2.31. The van der Waals surface area contributed by atoms with E-state index in [1.165, 1.54) is 0 Å². The van der Waals surface area contributed by atoms with E-state index in [4.69, 9.17) is 4.74 Å². The van der Waals surface area contributed by atoms with E-state index in [0.29, 0.717) is 57.6 Å². The van der Waals surface area contributed by atoms with Gasteiger partial charge in [-0.05, 0) is 44.4 Å². The molecule has 2 aliphatic rings. The van der Waals surface area contributed by atoms with Gasteiger partial charge in [0.1, 0.15) is 5.82 Å². The topological polar surface area (TPSA) is 84.7 Å². The fourth-order valence-corrected chi connectivity index (χ4v) is 4.24. The zero-order valence-electron chi connectivity index (χ0n) is 18.0. The van der Waals surface area contributed by atoms with E-state index in [1.54, 1.807) is 16.7 Å². The molecule has 1 fully saturated rings. The highest BCUT2D eigenvalue weighted by molar-refractivity contribution is 5.95.